The molecule has 7 nitrogen and oxygen atoms in total. The Labute approximate surface area is 117 Å². The minimum absolute atomic E-state index is 0. The second kappa shape index (κ2) is 6.38. The van der Waals surface area contributed by atoms with Gasteiger partial charge in [0, 0.05) is 12.1 Å². The van der Waals surface area contributed by atoms with Crippen molar-refractivity contribution < 1.29 is 22.4 Å². The lowest BCUT2D eigenvalue weighted by molar-refractivity contribution is 0.0559. The van der Waals surface area contributed by atoms with Crippen molar-refractivity contribution in [3.05, 3.63) is 17.9 Å². The van der Waals surface area contributed by atoms with E-state index in [9.17, 15) is 13.2 Å². The smallest absolute Gasteiger partial charge is 0.374 e. The number of hydrogen-bond acceptors (Lipinski definition) is 6. The first kappa shape index (κ1) is 17.9. The van der Waals surface area contributed by atoms with E-state index in [1.165, 1.54) is 19.2 Å². The van der Waals surface area contributed by atoms with Gasteiger partial charge in [-0.1, -0.05) is 0 Å². The van der Waals surface area contributed by atoms with Crippen molar-refractivity contribution in [1.29, 1.82) is 0 Å². The molecule has 0 radical (unpaired) electrons. The second-order valence-electron chi connectivity index (χ2n) is 4.42. The van der Waals surface area contributed by atoms with Gasteiger partial charge in [0.25, 0.3) is 10.0 Å². The summed E-state index contributed by atoms with van der Waals surface area (Å²) in [6.45, 7) is 3.40. The summed E-state index contributed by atoms with van der Waals surface area (Å²) < 4.78 is 35.2. The van der Waals surface area contributed by atoms with Crippen LogP contribution in [-0.4, -0.2) is 33.6 Å². The Morgan fingerprint density at radius 2 is 2.05 bits per heavy atom. The minimum Gasteiger partial charge on any atom is -0.463 e. The number of hydrogen-bond donors (Lipinski definition) is 2. The van der Waals surface area contributed by atoms with Crippen molar-refractivity contribution in [2.45, 2.75) is 24.5 Å². The van der Waals surface area contributed by atoms with Gasteiger partial charge in [-0.15, -0.1) is 12.4 Å². The average molecular weight is 313 g/mol. The number of furan rings is 1. The summed E-state index contributed by atoms with van der Waals surface area (Å²) in [6, 6.07) is 2.41. The number of rotatable bonds is 5. The van der Waals surface area contributed by atoms with Crippen LogP contribution in [0.15, 0.2) is 21.6 Å². The lowest BCUT2D eigenvalue weighted by atomic mass is 10.1. The predicted octanol–water partition coefficient (Wildman–Crippen LogP) is 0.504. The normalized spacial score (nSPS) is 11.8. The van der Waals surface area contributed by atoms with E-state index >= 15 is 0 Å². The predicted molar refractivity (Wildman–Crippen MR) is 70.8 cm³/mol. The van der Waals surface area contributed by atoms with Crippen LogP contribution in [-0.2, 0) is 14.8 Å². The van der Waals surface area contributed by atoms with Crippen LogP contribution >= 0.6 is 12.4 Å². The van der Waals surface area contributed by atoms with Crippen LogP contribution < -0.4 is 10.5 Å². The average Bonchev–Trinajstić information content (AvgIpc) is 2.74. The summed E-state index contributed by atoms with van der Waals surface area (Å²) in [5.41, 5.74) is 4.97. The Kier molecular flexibility index (Phi) is 6.01. The van der Waals surface area contributed by atoms with Gasteiger partial charge in [-0.25, -0.2) is 17.9 Å². The first-order valence-corrected chi connectivity index (χ1v) is 6.61. The number of nitrogens with two attached hydrogens (primary N) is 1. The topological polar surface area (TPSA) is 112 Å². The van der Waals surface area contributed by atoms with E-state index < -0.39 is 21.5 Å². The third-order valence-electron chi connectivity index (χ3n) is 1.95. The fraction of sp³-hybridized carbons (Fsp3) is 0.500. The molecule has 19 heavy (non-hydrogen) atoms. The third kappa shape index (κ3) is 5.19. The Bertz CT molecular complexity index is 532. The zero-order valence-electron chi connectivity index (χ0n) is 10.8. The quantitative estimate of drug-likeness (QED) is 0.766. The lowest BCUT2D eigenvalue weighted by Crippen LogP contribution is -2.44. The van der Waals surface area contributed by atoms with E-state index in [2.05, 4.69) is 9.46 Å². The summed E-state index contributed by atoms with van der Waals surface area (Å²) in [7, 11) is -2.64. The second-order valence-corrected chi connectivity index (χ2v) is 6.12. The molecule has 0 atom stereocenters. The molecule has 0 amide bonds. The maximum absolute atomic E-state index is 11.8. The summed E-state index contributed by atoms with van der Waals surface area (Å²) in [5, 5.41) is -0.354. The van der Waals surface area contributed by atoms with Gasteiger partial charge in [-0.2, -0.15) is 0 Å². The minimum atomic E-state index is -3.82. The molecule has 0 spiro atoms. The maximum atomic E-state index is 11.8. The van der Waals surface area contributed by atoms with Crippen molar-refractivity contribution in [2.24, 2.45) is 5.73 Å². The van der Waals surface area contributed by atoms with Crippen LogP contribution in [0.25, 0.3) is 0 Å². The van der Waals surface area contributed by atoms with E-state index in [0.29, 0.717) is 0 Å². The lowest BCUT2D eigenvalue weighted by Gasteiger charge is -2.18. The van der Waals surface area contributed by atoms with Crippen LogP contribution in [0.1, 0.15) is 24.4 Å². The molecule has 1 rings (SSSR count). The molecule has 0 aliphatic rings. The zero-order valence-corrected chi connectivity index (χ0v) is 12.4. The number of methoxy groups -OCH3 is 1. The molecule has 0 aliphatic carbocycles. The number of nitrogens with one attached hydrogen (secondary N) is 1. The molecule has 3 N–H and O–H groups in total. The molecule has 0 fully saturated rings. The van der Waals surface area contributed by atoms with E-state index in [1.54, 1.807) is 13.8 Å². The first-order valence-electron chi connectivity index (χ1n) is 5.12. The molecule has 0 saturated heterocycles. The molecular formula is C10H17ClN2O5S. The van der Waals surface area contributed by atoms with Crippen molar-refractivity contribution >= 4 is 28.4 Å². The molecule has 0 aromatic carbocycles. The number of sulfonamides is 1. The van der Waals surface area contributed by atoms with Gasteiger partial charge in [-0.05, 0) is 26.0 Å². The summed E-state index contributed by atoms with van der Waals surface area (Å²) in [6.07, 6.45) is 0. The summed E-state index contributed by atoms with van der Waals surface area (Å²) in [5.74, 6) is -0.916. The molecule has 0 saturated carbocycles. The van der Waals surface area contributed by atoms with E-state index in [0.717, 1.165) is 0 Å². The van der Waals surface area contributed by atoms with Gasteiger partial charge in [0.15, 0.2) is 0 Å². The van der Waals surface area contributed by atoms with E-state index in [4.69, 9.17) is 10.2 Å². The fourth-order valence-electron chi connectivity index (χ4n) is 1.03. The highest BCUT2D eigenvalue weighted by atomic mass is 35.5. The number of halogens is 1. The summed E-state index contributed by atoms with van der Waals surface area (Å²) in [4.78, 5) is 11.1. The number of carbonyl (C=O) groups excluding carboxylic acids is 1. The maximum Gasteiger partial charge on any atom is 0.374 e. The van der Waals surface area contributed by atoms with E-state index in [1.807, 2.05) is 0 Å². The van der Waals surface area contributed by atoms with Crippen LogP contribution in [0.4, 0.5) is 0 Å². The third-order valence-corrected chi connectivity index (χ3v) is 3.22. The molecular weight excluding hydrogens is 296 g/mol. The molecule has 1 heterocycles. The van der Waals surface area contributed by atoms with Crippen LogP contribution in [0.5, 0.6) is 0 Å². The molecule has 1 aromatic rings. The standard InChI is InChI=1S/C10H16N2O5S.ClH/c1-10(2,11)6-12-18(14,15)8-5-4-7(17-8)9(13)16-3;/h4-5,12H,6,11H2,1-3H3;1H. The Balaban J connectivity index is 0.00000324. The van der Waals surface area contributed by atoms with Gasteiger partial charge in [0.1, 0.15) is 0 Å². The highest BCUT2D eigenvalue weighted by Gasteiger charge is 2.23. The molecule has 0 bridgehead atoms. The van der Waals surface area contributed by atoms with Gasteiger partial charge in [0.2, 0.25) is 10.9 Å². The number of carbonyl (C=O) groups is 1. The Morgan fingerprint density at radius 1 is 1.47 bits per heavy atom. The van der Waals surface area contributed by atoms with Crippen LogP contribution in [0.3, 0.4) is 0 Å². The van der Waals surface area contributed by atoms with Crippen molar-refractivity contribution in [1.82, 2.24) is 4.72 Å². The molecule has 1 aromatic heterocycles. The SMILES string of the molecule is COC(=O)c1ccc(S(=O)(=O)NCC(C)(C)N)o1.Cl. The zero-order chi connectivity index (χ0) is 14.0. The molecule has 110 valence electrons. The molecule has 0 aliphatic heterocycles. The molecule has 9 heteroatoms. The van der Waals surface area contributed by atoms with Crippen LogP contribution in [0, 0.1) is 0 Å². The van der Waals surface area contributed by atoms with Crippen LogP contribution in [0.2, 0.25) is 0 Å². The monoisotopic (exact) mass is 312 g/mol. The van der Waals surface area contributed by atoms with Crippen molar-refractivity contribution in [2.75, 3.05) is 13.7 Å². The number of ether oxygens (including phenoxy) is 1. The van der Waals surface area contributed by atoms with Gasteiger partial charge < -0.3 is 14.9 Å². The van der Waals surface area contributed by atoms with Crippen molar-refractivity contribution in [3.63, 3.8) is 0 Å². The van der Waals surface area contributed by atoms with Gasteiger partial charge >= 0.3 is 5.97 Å². The van der Waals surface area contributed by atoms with E-state index in [-0.39, 0.29) is 29.8 Å². The van der Waals surface area contributed by atoms with Gasteiger partial charge in [0.05, 0.1) is 7.11 Å². The van der Waals surface area contributed by atoms with Gasteiger partial charge in [-0.3, -0.25) is 0 Å². The Hall–Kier alpha value is -1.09. The highest BCUT2D eigenvalue weighted by Crippen LogP contribution is 2.14. The summed E-state index contributed by atoms with van der Waals surface area (Å²) >= 11 is 0. The fourth-order valence-corrected chi connectivity index (χ4v) is 2.18. The Morgan fingerprint density at radius 3 is 2.53 bits per heavy atom. The number of esters is 1. The van der Waals surface area contributed by atoms with Crippen molar-refractivity contribution in [3.8, 4) is 0 Å². The largest absolute Gasteiger partial charge is 0.463 e. The molecule has 0 unspecified atom stereocenters. The highest BCUT2D eigenvalue weighted by molar-refractivity contribution is 7.89. The first-order chi connectivity index (χ1) is 8.15.